The molecular formula is C34H47NO9. The highest BCUT2D eigenvalue weighted by Crippen LogP contribution is 2.70. The Labute approximate surface area is 258 Å². The first-order valence-corrected chi connectivity index (χ1v) is 16.5. The molecule has 0 spiro atoms. The number of furan rings is 1. The van der Waals surface area contributed by atoms with E-state index in [1.807, 2.05) is 18.3 Å². The molecule has 0 radical (unpaired) electrons. The van der Waals surface area contributed by atoms with E-state index >= 15 is 0 Å². The molecule has 1 aromatic heterocycles. The Balaban J connectivity index is 1.17. The van der Waals surface area contributed by atoms with Crippen LogP contribution in [0.1, 0.15) is 83.8 Å². The molecule has 242 valence electrons. The van der Waals surface area contributed by atoms with Crippen LogP contribution >= 0.6 is 0 Å². The smallest absolute Gasteiger partial charge is 0.331 e. The minimum absolute atomic E-state index is 0.0168. The second-order valence-electron chi connectivity index (χ2n) is 14.7. The van der Waals surface area contributed by atoms with Crippen molar-refractivity contribution in [3.8, 4) is 0 Å². The number of hydrogen-bond acceptors (Lipinski definition) is 10. The Hall–Kier alpha value is -2.08. The van der Waals surface area contributed by atoms with Crippen molar-refractivity contribution in [2.75, 3.05) is 6.61 Å². The molecule has 0 unspecified atom stereocenters. The molecular weight excluding hydrogens is 566 g/mol. The van der Waals surface area contributed by atoms with Crippen molar-refractivity contribution < 1.29 is 43.8 Å². The van der Waals surface area contributed by atoms with Crippen LogP contribution in [0.4, 0.5) is 0 Å². The summed E-state index contributed by atoms with van der Waals surface area (Å²) in [6, 6.07) is 3.74. The zero-order valence-corrected chi connectivity index (χ0v) is 25.8. The van der Waals surface area contributed by atoms with Gasteiger partial charge in [-0.15, -0.1) is 0 Å². The van der Waals surface area contributed by atoms with Gasteiger partial charge in [0.1, 0.15) is 18.5 Å². The lowest BCUT2D eigenvalue weighted by Gasteiger charge is -2.66. The second kappa shape index (κ2) is 11.0. The number of carbonyl (C=O) groups is 1. The summed E-state index contributed by atoms with van der Waals surface area (Å²) in [5, 5.41) is 45.8. The molecule has 10 nitrogen and oxygen atoms in total. The van der Waals surface area contributed by atoms with Gasteiger partial charge in [0.25, 0.3) is 0 Å². The number of rotatable bonds is 6. The fourth-order valence-electron chi connectivity index (χ4n) is 10.5. The summed E-state index contributed by atoms with van der Waals surface area (Å²) in [4.78, 5) is 16.8. The molecule has 4 saturated carbocycles. The molecule has 6 aliphatic rings. The largest absolute Gasteiger partial charge is 0.467 e. The van der Waals surface area contributed by atoms with Crippen LogP contribution in [0.25, 0.3) is 0 Å². The zero-order valence-electron chi connectivity index (χ0n) is 25.8. The van der Waals surface area contributed by atoms with E-state index in [1.165, 1.54) is 0 Å². The molecule has 0 aromatic carbocycles. The number of hydrogen-bond donors (Lipinski definition) is 4. The Morgan fingerprint density at radius 1 is 1.09 bits per heavy atom. The van der Waals surface area contributed by atoms with Crippen molar-refractivity contribution in [2.45, 2.75) is 127 Å². The SMILES string of the molecule is C[C@@H]1O[C@@H](O[C@@H]2CC[C@@]3(C=NCc4ccco4)[C@@H]4CC[C@@]5(C)[C@@H](C6=CC(=O)OC6)CC[C@]5(O)[C@@H]4CC[C@]3(O)C2)C[C@@H](O)[C@H]1O. The highest BCUT2D eigenvalue weighted by Gasteiger charge is 2.71. The molecule has 12 atom stereocenters. The van der Waals surface area contributed by atoms with Crippen LogP contribution in [-0.4, -0.2) is 81.1 Å². The summed E-state index contributed by atoms with van der Waals surface area (Å²) < 4.78 is 23.0. The lowest BCUT2D eigenvalue weighted by atomic mass is 9.41. The number of cyclic esters (lactones) is 1. The number of fused-ring (bicyclic) bond motifs is 5. The van der Waals surface area contributed by atoms with Crippen LogP contribution in [-0.2, 0) is 25.5 Å². The van der Waals surface area contributed by atoms with Crippen LogP contribution in [0.5, 0.6) is 0 Å². The van der Waals surface area contributed by atoms with Gasteiger partial charge in [-0.2, -0.15) is 0 Å². The molecule has 1 aromatic rings. The van der Waals surface area contributed by atoms with Crippen LogP contribution in [0.3, 0.4) is 0 Å². The van der Waals surface area contributed by atoms with Crippen LogP contribution in [0, 0.1) is 28.6 Å². The van der Waals surface area contributed by atoms with Crippen molar-refractivity contribution >= 4 is 12.2 Å². The normalized spacial score (nSPS) is 48.9. The summed E-state index contributed by atoms with van der Waals surface area (Å²) in [5.41, 5.74) is -2.05. The number of carbonyl (C=O) groups excluding carboxylic acids is 1. The summed E-state index contributed by atoms with van der Waals surface area (Å²) in [6.07, 6.45) is 8.14. The maximum atomic E-state index is 12.7. The lowest BCUT2D eigenvalue weighted by molar-refractivity contribution is -0.282. The predicted molar refractivity (Wildman–Crippen MR) is 158 cm³/mol. The van der Waals surface area contributed by atoms with E-state index in [1.54, 1.807) is 19.3 Å². The number of esters is 1. The highest BCUT2D eigenvalue weighted by atomic mass is 16.7. The fourth-order valence-corrected chi connectivity index (χ4v) is 10.5. The van der Waals surface area contributed by atoms with Gasteiger partial charge in [-0.25, -0.2) is 4.79 Å². The molecule has 2 aliphatic heterocycles. The third-order valence-corrected chi connectivity index (χ3v) is 12.8. The van der Waals surface area contributed by atoms with Crippen LogP contribution < -0.4 is 0 Å². The van der Waals surface area contributed by atoms with Gasteiger partial charge >= 0.3 is 5.97 Å². The molecule has 5 fully saturated rings. The van der Waals surface area contributed by atoms with Gasteiger partial charge in [0.15, 0.2) is 6.29 Å². The van der Waals surface area contributed by atoms with Gasteiger partial charge in [-0.3, -0.25) is 4.99 Å². The molecule has 1 saturated heterocycles. The summed E-state index contributed by atoms with van der Waals surface area (Å²) >= 11 is 0. The summed E-state index contributed by atoms with van der Waals surface area (Å²) in [5.74, 6) is 0.569. The first-order chi connectivity index (χ1) is 21.0. The van der Waals surface area contributed by atoms with Gasteiger partial charge in [-0.1, -0.05) is 6.92 Å². The highest BCUT2D eigenvalue weighted by molar-refractivity contribution is 5.85. The number of aliphatic hydroxyl groups excluding tert-OH is 2. The van der Waals surface area contributed by atoms with E-state index < -0.39 is 41.2 Å². The van der Waals surface area contributed by atoms with E-state index in [2.05, 4.69) is 6.92 Å². The van der Waals surface area contributed by atoms with Crippen molar-refractivity contribution in [1.82, 2.24) is 0 Å². The quantitative estimate of drug-likeness (QED) is 0.215. The third kappa shape index (κ3) is 4.66. The Morgan fingerprint density at radius 3 is 2.64 bits per heavy atom. The van der Waals surface area contributed by atoms with Crippen molar-refractivity contribution in [3.63, 3.8) is 0 Å². The molecule has 3 heterocycles. The number of aliphatic hydroxyl groups is 4. The average Bonchev–Trinajstić information content (AvgIpc) is 3.71. The van der Waals surface area contributed by atoms with E-state index in [0.717, 1.165) is 30.6 Å². The number of ether oxygens (including phenoxy) is 3. The van der Waals surface area contributed by atoms with Crippen LogP contribution in [0.15, 0.2) is 39.5 Å². The molecule has 0 amide bonds. The maximum Gasteiger partial charge on any atom is 0.331 e. The fraction of sp³-hybridized carbons (Fsp3) is 0.765. The van der Waals surface area contributed by atoms with Crippen LogP contribution in [0.2, 0.25) is 0 Å². The summed E-state index contributed by atoms with van der Waals surface area (Å²) in [7, 11) is 0. The molecule has 0 bridgehead atoms. The second-order valence-corrected chi connectivity index (χ2v) is 14.7. The monoisotopic (exact) mass is 613 g/mol. The molecule has 4 N–H and O–H groups in total. The standard InChI is InChI=1S/C34H47NO9/c1-20-30(38)27(36)15-29(43-20)44-22-5-10-32(19-35-17-23-4-3-13-41-23)25-6-9-31(2)24(21-14-28(37)42-18-21)8-12-34(31,40)26(25)7-11-33(32,39)16-22/h3-4,13-14,19-20,22,24-27,29-30,36,38-40H,5-12,15-18H2,1-2H3/t20-,22+,24+,25+,26+,27+,29-,30-,31-,32+,33-,34-/m0/s1. The molecule has 44 heavy (non-hydrogen) atoms. The molecule has 4 aliphatic carbocycles. The van der Waals surface area contributed by atoms with E-state index in [0.29, 0.717) is 51.7 Å². The van der Waals surface area contributed by atoms with Gasteiger partial charge < -0.3 is 39.1 Å². The first kappa shape index (κ1) is 30.6. The maximum absolute atomic E-state index is 12.7. The van der Waals surface area contributed by atoms with Gasteiger partial charge in [-0.05, 0) is 93.7 Å². The minimum Gasteiger partial charge on any atom is -0.467 e. The van der Waals surface area contributed by atoms with Gasteiger partial charge in [0, 0.05) is 36.0 Å². The summed E-state index contributed by atoms with van der Waals surface area (Å²) in [6.45, 7) is 4.61. The van der Waals surface area contributed by atoms with Crippen molar-refractivity contribution in [1.29, 1.82) is 0 Å². The predicted octanol–water partition coefficient (Wildman–Crippen LogP) is 3.44. The zero-order chi connectivity index (χ0) is 30.9. The molecule has 7 rings (SSSR count). The molecule has 10 heteroatoms. The first-order valence-electron chi connectivity index (χ1n) is 16.5. The van der Waals surface area contributed by atoms with E-state index in [9.17, 15) is 25.2 Å². The average molecular weight is 614 g/mol. The van der Waals surface area contributed by atoms with E-state index in [-0.39, 0.29) is 41.7 Å². The van der Waals surface area contributed by atoms with Gasteiger partial charge in [0.05, 0.1) is 42.3 Å². The Morgan fingerprint density at radius 2 is 1.91 bits per heavy atom. The third-order valence-electron chi connectivity index (χ3n) is 12.8. The van der Waals surface area contributed by atoms with Crippen molar-refractivity contribution in [3.05, 3.63) is 35.8 Å². The van der Waals surface area contributed by atoms with Gasteiger partial charge in [0.2, 0.25) is 0 Å². The Bertz CT molecular complexity index is 1290. The minimum atomic E-state index is -1.10. The van der Waals surface area contributed by atoms with Crippen molar-refractivity contribution in [2.24, 2.45) is 33.6 Å². The topological polar surface area (TPSA) is 151 Å². The Kier molecular flexibility index (Phi) is 7.66. The number of aliphatic imine (C=N–C) groups is 1. The number of nitrogens with zero attached hydrogens (tertiary/aromatic N) is 1. The lowest BCUT2D eigenvalue weighted by Crippen LogP contribution is -2.69. The van der Waals surface area contributed by atoms with E-state index in [4.69, 9.17) is 23.6 Å².